The molecule has 0 unspecified atom stereocenters. The molecule has 98 valence electrons. The van der Waals surface area contributed by atoms with E-state index >= 15 is 0 Å². The fourth-order valence-electron chi connectivity index (χ4n) is 2.54. The number of pyridine rings is 1. The highest BCUT2D eigenvalue weighted by molar-refractivity contribution is 5.89. The fourth-order valence-corrected chi connectivity index (χ4v) is 2.54. The van der Waals surface area contributed by atoms with Gasteiger partial charge in [-0.05, 0) is 57.6 Å². The smallest absolute Gasteiger partial charge is 0.341 e. The summed E-state index contributed by atoms with van der Waals surface area (Å²) < 4.78 is 1.56. The fraction of sp³-hybridized carbons (Fsp3) is 0.571. The van der Waals surface area contributed by atoms with Gasteiger partial charge in [-0.1, -0.05) is 0 Å². The van der Waals surface area contributed by atoms with Crippen molar-refractivity contribution in [2.75, 3.05) is 0 Å². The van der Waals surface area contributed by atoms with E-state index < -0.39 is 11.5 Å². The summed E-state index contributed by atoms with van der Waals surface area (Å²) in [5, 5.41) is 9.30. The molecule has 1 aliphatic rings. The minimum Gasteiger partial charge on any atom is -0.477 e. The van der Waals surface area contributed by atoms with E-state index in [0.717, 1.165) is 30.4 Å². The van der Waals surface area contributed by atoms with Gasteiger partial charge in [-0.15, -0.1) is 0 Å². The molecule has 0 fully saturated rings. The van der Waals surface area contributed by atoms with Crippen LogP contribution in [0.15, 0.2) is 11.0 Å². The van der Waals surface area contributed by atoms with E-state index in [0.29, 0.717) is 6.42 Å². The van der Waals surface area contributed by atoms with Crippen molar-refractivity contribution in [3.63, 3.8) is 0 Å². The maximum Gasteiger partial charge on any atom is 0.341 e. The third kappa shape index (κ3) is 2.07. The van der Waals surface area contributed by atoms with Crippen molar-refractivity contribution in [1.82, 2.24) is 4.57 Å². The average Bonchev–Trinajstić information content (AvgIpc) is 2.26. The van der Waals surface area contributed by atoms with Crippen molar-refractivity contribution in [1.29, 1.82) is 0 Å². The monoisotopic (exact) mass is 249 g/mol. The first-order chi connectivity index (χ1) is 8.32. The molecule has 0 amide bonds. The van der Waals surface area contributed by atoms with Crippen LogP contribution in [0.5, 0.6) is 0 Å². The number of hydrogen-bond donors (Lipinski definition) is 1. The Bertz CT molecular complexity index is 549. The third-order valence-corrected chi connectivity index (χ3v) is 3.47. The molecule has 1 aromatic heterocycles. The second kappa shape index (κ2) is 4.26. The van der Waals surface area contributed by atoms with Crippen LogP contribution in [0.4, 0.5) is 0 Å². The number of carboxylic acids is 1. The summed E-state index contributed by atoms with van der Waals surface area (Å²) in [4.78, 5) is 23.7. The second-order valence-electron chi connectivity index (χ2n) is 5.87. The lowest BCUT2D eigenvalue weighted by Gasteiger charge is -2.27. The Hall–Kier alpha value is -1.58. The normalized spacial score (nSPS) is 15.3. The second-order valence-corrected chi connectivity index (χ2v) is 5.87. The minimum atomic E-state index is -1.10. The highest BCUT2D eigenvalue weighted by Gasteiger charge is 2.26. The number of carboxylic acid groups (broad SMARTS) is 1. The van der Waals surface area contributed by atoms with Crippen LogP contribution >= 0.6 is 0 Å². The Balaban J connectivity index is 2.78. The van der Waals surface area contributed by atoms with Crippen LogP contribution in [0.2, 0.25) is 0 Å². The lowest BCUT2D eigenvalue weighted by molar-refractivity contribution is 0.0692. The predicted molar refractivity (Wildman–Crippen MR) is 69.3 cm³/mol. The number of aromatic carboxylic acids is 1. The van der Waals surface area contributed by atoms with E-state index in [4.69, 9.17) is 0 Å². The molecular weight excluding hydrogens is 230 g/mol. The molecule has 1 aromatic rings. The number of fused-ring (bicyclic) bond motifs is 1. The molecule has 2 rings (SSSR count). The number of hydrogen-bond acceptors (Lipinski definition) is 2. The topological polar surface area (TPSA) is 59.3 Å². The van der Waals surface area contributed by atoms with E-state index in [-0.39, 0.29) is 11.1 Å². The molecule has 1 aliphatic carbocycles. The standard InChI is InChI=1S/C14H19NO3/c1-14(2,3)15-8-9-6-4-5-7-10(9)11(12(15)16)13(17)18/h8H,4-7H2,1-3H3,(H,17,18). The maximum atomic E-state index is 12.3. The summed E-state index contributed by atoms with van der Waals surface area (Å²) >= 11 is 0. The highest BCUT2D eigenvalue weighted by atomic mass is 16.4. The molecular formula is C14H19NO3. The van der Waals surface area contributed by atoms with E-state index in [1.54, 1.807) is 4.57 Å². The Morgan fingerprint density at radius 1 is 1.28 bits per heavy atom. The molecule has 0 saturated carbocycles. The van der Waals surface area contributed by atoms with Gasteiger partial charge in [0.15, 0.2) is 0 Å². The summed E-state index contributed by atoms with van der Waals surface area (Å²) in [6, 6.07) is 0. The van der Waals surface area contributed by atoms with Crippen LogP contribution in [0, 0.1) is 0 Å². The van der Waals surface area contributed by atoms with Crippen LogP contribution in [-0.4, -0.2) is 15.6 Å². The van der Waals surface area contributed by atoms with Gasteiger partial charge in [-0.3, -0.25) is 4.79 Å². The van der Waals surface area contributed by atoms with Crippen LogP contribution in [-0.2, 0) is 18.4 Å². The average molecular weight is 249 g/mol. The largest absolute Gasteiger partial charge is 0.477 e. The quantitative estimate of drug-likeness (QED) is 0.829. The van der Waals surface area contributed by atoms with Crippen molar-refractivity contribution in [3.8, 4) is 0 Å². The highest BCUT2D eigenvalue weighted by Crippen LogP contribution is 2.24. The van der Waals surface area contributed by atoms with E-state index in [1.807, 2.05) is 27.0 Å². The van der Waals surface area contributed by atoms with Gasteiger partial charge in [-0.2, -0.15) is 0 Å². The number of aromatic nitrogens is 1. The van der Waals surface area contributed by atoms with Gasteiger partial charge in [0.25, 0.3) is 5.56 Å². The summed E-state index contributed by atoms with van der Waals surface area (Å²) in [6.45, 7) is 5.74. The number of carbonyl (C=O) groups is 1. The predicted octanol–water partition coefficient (Wildman–Crippen LogP) is 2.18. The molecule has 18 heavy (non-hydrogen) atoms. The molecule has 0 aliphatic heterocycles. The molecule has 0 spiro atoms. The minimum absolute atomic E-state index is 0.0258. The van der Waals surface area contributed by atoms with Crippen LogP contribution < -0.4 is 5.56 Å². The lowest BCUT2D eigenvalue weighted by atomic mass is 9.89. The number of aryl methyl sites for hydroxylation is 1. The molecule has 0 radical (unpaired) electrons. The molecule has 1 heterocycles. The Labute approximate surface area is 106 Å². The Kier molecular flexibility index (Phi) is 3.05. The van der Waals surface area contributed by atoms with Crippen molar-refractivity contribution in [3.05, 3.63) is 33.2 Å². The summed E-state index contributed by atoms with van der Waals surface area (Å²) in [5.41, 5.74) is 0.971. The van der Waals surface area contributed by atoms with Gasteiger partial charge in [0.05, 0.1) is 0 Å². The third-order valence-electron chi connectivity index (χ3n) is 3.47. The van der Waals surface area contributed by atoms with Gasteiger partial charge < -0.3 is 9.67 Å². The van der Waals surface area contributed by atoms with Gasteiger partial charge in [0, 0.05) is 11.7 Å². The first-order valence-electron chi connectivity index (χ1n) is 6.33. The summed E-state index contributed by atoms with van der Waals surface area (Å²) in [7, 11) is 0. The zero-order valence-corrected chi connectivity index (χ0v) is 11.1. The lowest BCUT2D eigenvalue weighted by Crippen LogP contribution is -2.38. The Morgan fingerprint density at radius 3 is 2.44 bits per heavy atom. The SMILES string of the molecule is CC(C)(C)n1cc2c(c(C(=O)O)c1=O)CCCC2. The molecule has 0 saturated heterocycles. The van der Waals surface area contributed by atoms with Crippen molar-refractivity contribution in [2.45, 2.75) is 52.0 Å². The molecule has 0 atom stereocenters. The summed E-state index contributed by atoms with van der Waals surface area (Å²) in [6.07, 6.45) is 5.45. The molecule has 4 heteroatoms. The number of rotatable bonds is 1. The first kappa shape index (κ1) is 12.9. The van der Waals surface area contributed by atoms with E-state index in [1.165, 1.54) is 0 Å². The first-order valence-corrected chi connectivity index (χ1v) is 6.33. The van der Waals surface area contributed by atoms with Crippen LogP contribution in [0.1, 0.15) is 55.1 Å². The number of nitrogens with zero attached hydrogens (tertiary/aromatic N) is 1. The molecule has 0 bridgehead atoms. The van der Waals surface area contributed by atoms with Crippen LogP contribution in [0.25, 0.3) is 0 Å². The zero-order valence-electron chi connectivity index (χ0n) is 11.1. The molecule has 0 aromatic carbocycles. The van der Waals surface area contributed by atoms with Crippen molar-refractivity contribution in [2.24, 2.45) is 0 Å². The van der Waals surface area contributed by atoms with E-state index in [9.17, 15) is 14.7 Å². The van der Waals surface area contributed by atoms with Gasteiger partial charge in [0.1, 0.15) is 5.56 Å². The Morgan fingerprint density at radius 2 is 1.89 bits per heavy atom. The van der Waals surface area contributed by atoms with Crippen LogP contribution in [0.3, 0.4) is 0 Å². The van der Waals surface area contributed by atoms with Crippen molar-refractivity contribution < 1.29 is 9.90 Å². The maximum absolute atomic E-state index is 12.3. The zero-order chi connectivity index (χ0) is 13.5. The van der Waals surface area contributed by atoms with Gasteiger partial charge in [0.2, 0.25) is 0 Å². The molecule has 4 nitrogen and oxygen atoms in total. The van der Waals surface area contributed by atoms with Crippen molar-refractivity contribution >= 4 is 5.97 Å². The van der Waals surface area contributed by atoms with Gasteiger partial charge >= 0.3 is 5.97 Å². The van der Waals surface area contributed by atoms with Gasteiger partial charge in [-0.25, -0.2) is 4.79 Å². The molecule has 1 N–H and O–H groups in total. The summed E-state index contributed by atoms with van der Waals surface area (Å²) in [5.74, 6) is -1.10. The van der Waals surface area contributed by atoms with E-state index in [2.05, 4.69) is 0 Å².